The number of ether oxygens (including phenoxy) is 1. The largest absolute Gasteiger partial charge is 0.492 e. The van der Waals surface area contributed by atoms with Crippen LogP contribution in [-0.4, -0.2) is 11.6 Å². The topological polar surface area (TPSA) is 48.1 Å². The Morgan fingerprint density at radius 1 is 1.35 bits per heavy atom. The van der Waals surface area contributed by atoms with Crippen molar-refractivity contribution in [2.75, 3.05) is 6.61 Å². The minimum absolute atomic E-state index is 0.108. The fourth-order valence-electron chi connectivity index (χ4n) is 4.06. The van der Waals surface area contributed by atoms with E-state index in [0.717, 1.165) is 48.5 Å². The highest BCUT2D eigenvalue weighted by molar-refractivity contribution is 5.26. The van der Waals surface area contributed by atoms with Gasteiger partial charge >= 0.3 is 0 Å². The first kappa shape index (κ1) is 13.9. The summed E-state index contributed by atoms with van der Waals surface area (Å²) in [6, 6.07) is 2.18. The van der Waals surface area contributed by atoms with Crippen LogP contribution in [0.5, 0.6) is 5.75 Å². The summed E-state index contributed by atoms with van der Waals surface area (Å²) >= 11 is 0. The van der Waals surface area contributed by atoms with Gasteiger partial charge < -0.3 is 10.5 Å². The summed E-state index contributed by atoms with van der Waals surface area (Å²) in [5.74, 6) is 3.63. The van der Waals surface area contributed by atoms with Crippen molar-refractivity contribution in [3.05, 3.63) is 24.0 Å². The molecule has 0 aliphatic heterocycles. The molecular weight excluding hydrogens is 248 g/mol. The van der Waals surface area contributed by atoms with Gasteiger partial charge in [0.25, 0.3) is 0 Å². The lowest BCUT2D eigenvalue weighted by molar-refractivity contribution is 0.294. The SMILES string of the molecule is CCCOc1cncc(C(N)CC2CC3CCC2C3)c1. The fourth-order valence-corrected chi connectivity index (χ4v) is 4.06. The van der Waals surface area contributed by atoms with Crippen molar-refractivity contribution in [2.45, 2.75) is 51.5 Å². The Balaban J connectivity index is 1.60. The van der Waals surface area contributed by atoms with E-state index in [1.807, 2.05) is 6.20 Å². The maximum absolute atomic E-state index is 6.41. The maximum Gasteiger partial charge on any atom is 0.137 e. The number of rotatable bonds is 6. The molecule has 1 aromatic rings. The number of fused-ring (bicyclic) bond motifs is 2. The summed E-state index contributed by atoms with van der Waals surface area (Å²) < 4.78 is 5.65. The van der Waals surface area contributed by atoms with Crippen molar-refractivity contribution >= 4 is 0 Å². The van der Waals surface area contributed by atoms with Crippen molar-refractivity contribution in [1.82, 2.24) is 4.98 Å². The smallest absolute Gasteiger partial charge is 0.137 e. The summed E-state index contributed by atoms with van der Waals surface area (Å²) in [5.41, 5.74) is 7.53. The second kappa shape index (κ2) is 6.13. The lowest BCUT2D eigenvalue weighted by Gasteiger charge is -2.24. The monoisotopic (exact) mass is 274 g/mol. The van der Waals surface area contributed by atoms with Gasteiger partial charge in [0, 0.05) is 12.2 Å². The Labute approximate surface area is 121 Å². The molecule has 0 amide bonds. The van der Waals surface area contributed by atoms with Gasteiger partial charge in [0.2, 0.25) is 0 Å². The summed E-state index contributed by atoms with van der Waals surface area (Å²) in [4.78, 5) is 4.28. The predicted octanol–water partition coefficient (Wildman–Crippen LogP) is 3.70. The molecule has 1 heterocycles. The Bertz CT molecular complexity index is 448. The van der Waals surface area contributed by atoms with Gasteiger partial charge in [-0.15, -0.1) is 0 Å². The molecule has 2 aliphatic rings. The molecule has 0 radical (unpaired) electrons. The Morgan fingerprint density at radius 2 is 2.25 bits per heavy atom. The minimum atomic E-state index is 0.108. The third-order valence-corrected chi connectivity index (χ3v) is 5.08. The molecule has 2 fully saturated rings. The lowest BCUT2D eigenvalue weighted by Crippen LogP contribution is -2.19. The van der Waals surface area contributed by atoms with Crippen molar-refractivity contribution in [3.63, 3.8) is 0 Å². The number of hydrogen-bond acceptors (Lipinski definition) is 3. The molecule has 2 saturated carbocycles. The van der Waals surface area contributed by atoms with Gasteiger partial charge in [0.1, 0.15) is 5.75 Å². The van der Waals surface area contributed by atoms with Crippen molar-refractivity contribution < 1.29 is 4.74 Å². The molecule has 110 valence electrons. The van der Waals surface area contributed by atoms with Gasteiger partial charge in [-0.05, 0) is 61.5 Å². The number of nitrogens with two attached hydrogens (primary N) is 1. The van der Waals surface area contributed by atoms with Gasteiger partial charge in [-0.1, -0.05) is 13.3 Å². The molecule has 0 saturated heterocycles. The average molecular weight is 274 g/mol. The number of nitrogens with zero attached hydrogens (tertiary/aromatic N) is 1. The molecule has 2 N–H and O–H groups in total. The summed E-state index contributed by atoms with van der Waals surface area (Å²) in [6.45, 7) is 2.85. The molecule has 2 bridgehead atoms. The quantitative estimate of drug-likeness (QED) is 0.860. The minimum Gasteiger partial charge on any atom is -0.492 e. The van der Waals surface area contributed by atoms with Gasteiger partial charge in [0.15, 0.2) is 0 Å². The molecule has 4 atom stereocenters. The predicted molar refractivity (Wildman–Crippen MR) is 80.5 cm³/mol. The lowest BCUT2D eigenvalue weighted by atomic mass is 9.83. The van der Waals surface area contributed by atoms with Crippen LogP contribution in [0.1, 0.15) is 57.1 Å². The van der Waals surface area contributed by atoms with Crippen molar-refractivity contribution in [1.29, 1.82) is 0 Å². The van der Waals surface area contributed by atoms with Crippen LogP contribution in [0.25, 0.3) is 0 Å². The Morgan fingerprint density at radius 3 is 2.95 bits per heavy atom. The molecule has 3 nitrogen and oxygen atoms in total. The van der Waals surface area contributed by atoms with E-state index in [9.17, 15) is 0 Å². The second-order valence-electron chi connectivity index (χ2n) is 6.58. The fraction of sp³-hybridized carbons (Fsp3) is 0.706. The molecule has 4 unspecified atom stereocenters. The zero-order chi connectivity index (χ0) is 13.9. The van der Waals surface area contributed by atoms with Crippen LogP contribution in [0.4, 0.5) is 0 Å². The van der Waals surface area contributed by atoms with E-state index in [2.05, 4.69) is 18.0 Å². The number of hydrogen-bond donors (Lipinski definition) is 1. The van der Waals surface area contributed by atoms with E-state index in [4.69, 9.17) is 10.5 Å². The maximum atomic E-state index is 6.41. The van der Waals surface area contributed by atoms with E-state index in [1.165, 1.54) is 25.7 Å². The van der Waals surface area contributed by atoms with E-state index in [-0.39, 0.29) is 6.04 Å². The van der Waals surface area contributed by atoms with E-state index >= 15 is 0 Å². The first-order valence-corrected chi connectivity index (χ1v) is 8.09. The molecule has 2 aliphatic carbocycles. The molecular formula is C17H26N2O. The van der Waals surface area contributed by atoms with E-state index in [1.54, 1.807) is 6.20 Å². The van der Waals surface area contributed by atoms with Gasteiger partial charge in [0.05, 0.1) is 12.8 Å². The highest BCUT2D eigenvalue weighted by Crippen LogP contribution is 2.50. The standard InChI is InChI=1S/C17H26N2O/c1-2-5-20-16-8-15(10-19-11-16)17(18)9-14-7-12-3-4-13(14)6-12/h8,10-14,17H,2-7,9,18H2,1H3. The highest BCUT2D eigenvalue weighted by Gasteiger charge is 2.39. The van der Waals surface area contributed by atoms with Crippen LogP contribution in [0.3, 0.4) is 0 Å². The summed E-state index contributed by atoms with van der Waals surface area (Å²) in [5, 5.41) is 0. The molecule has 3 rings (SSSR count). The van der Waals surface area contributed by atoms with Gasteiger partial charge in [-0.25, -0.2) is 0 Å². The first-order chi connectivity index (χ1) is 9.76. The van der Waals surface area contributed by atoms with Gasteiger partial charge in [-0.3, -0.25) is 4.98 Å². The third-order valence-electron chi connectivity index (χ3n) is 5.08. The highest BCUT2D eigenvalue weighted by atomic mass is 16.5. The van der Waals surface area contributed by atoms with Crippen molar-refractivity contribution in [2.24, 2.45) is 23.5 Å². The molecule has 0 spiro atoms. The zero-order valence-corrected chi connectivity index (χ0v) is 12.4. The normalized spacial score (nSPS) is 29.6. The van der Waals surface area contributed by atoms with E-state index in [0.29, 0.717) is 0 Å². The first-order valence-electron chi connectivity index (χ1n) is 8.09. The van der Waals surface area contributed by atoms with Crippen LogP contribution in [0.15, 0.2) is 18.5 Å². The summed E-state index contributed by atoms with van der Waals surface area (Å²) in [7, 11) is 0. The zero-order valence-electron chi connectivity index (χ0n) is 12.4. The molecule has 0 aromatic carbocycles. The van der Waals surface area contributed by atoms with Crippen molar-refractivity contribution in [3.8, 4) is 5.75 Å². The Hall–Kier alpha value is -1.09. The third kappa shape index (κ3) is 2.98. The second-order valence-corrected chi connectivity index (χ2v) is 6.58. The van der Waals surface area contributed by atoms with Crippen LogP contribution < -0.4 is 10.5 Å². The van der Waals surface area contributed by atoms with Crippen LogP contribution in [0, 0.1) is 17.8 Å². The van der Waals surface area contributed by atoms with Crippen LogP contribution >= 0.6 is 0 Å². The van der Waals surface area contributed by atoms with Gasteiger partial charge in [-0.2, -0.15) is 0 Å². The molecule has 3 heteroatoms. The Kier molecular flexibility index (Phi) is 4.25. The number of pyridine rings is 1. The molecule has 1 aromatic heterocycles. The average Bonchev–Trinajstić information content (AvgIpc) is 3.08. The molecule has 20 heavy (non-hydrogen) atoms. The van der Waals surface area contributed by atoms with Crippen LogP contribution in [0.2, 0.25) is 0 Å². The van der Waals surface area contributed by atoms with Crippen LogP contribution in [-0.2, 0) is 0 Å². The number of aromatic nitrogens is 1. The summed E-state index contributed by atoms with van der Waals surface area (Å²) in [6.07, 6.45) is 11.5. The van der Waals surface area contributed by atoms with E-state index < -0.39 is 0 Å².